The van der Waals surface area contributed by atoms with Crippen molar-refractivity contribution in [1.29, 1.82) is 0 Å². The van der Waals surface area contributed by atoms with Gasteiger partial charge in [0.2, 0.25) is 0 Å². The summed E-state index contributed by atoms with van der Waals surface area (Å²) < 4.78 is 60.0. The maximum atomic E-state index is 12.7. The van der Waals surface area contributed by atoms with Crippen LogP contribution in [0.3, 0.4) is 0 Å². The molecule has 0 saturated heterocycles. The van der Waals surface area contributed by atoms with Crippen LogP contribution in [0.1, 0.15) is 5.56 Å². The number of hydrogen-bond donors (Lipinski definition) is 1. The SMILES string of the molecule is O=C(COC(=O)COc1cccc(C(F)(F)F)c1)Nc1ccc(F)cc1. The number of nitrogens with one attached hydrogen (secondary N) is 1. The third kappa shape index (κ3) is 6.08. The summed E-state index contributed by atoms with van der Waals surface area (Å²) in [6.45, 7) is -1.28. The van der Waals surface area contributed by atoms with Gasteiger partial charge in [-0.3, -0.25) is 4.79 Å². The van der Waals surface area contributed by atoms with E-state index >= 15 is 0 Å². The van der Waals surface area contributed by atoms with E-state index in [2.05, 4.69) is 10.1 Å². The molecule has 0 heterocycles. The van der Waals surface area contributed by atoms with Crippen molar-refractivity contribution in [2.75, 3.05) is 18.5 Å². The van der Waals surface area contributed by atoms with Crippen LogP contribution in [-0.4, -0.2) is 25.1 Å². The van der Waals surface area contributed by atoms with Crippen LogP contribution in [0.25, 0.3) is 0 Å². The molecule has 0 spiro atoms. The Morgan fingerprint density at radius 3 is 2.35 bits per heavy atom. The third-order valence-electron chi connectivity index (χ3n) is 3.01. The van der Waals surface area contributed by atoms with Crippen LogP contribution in [0.4, 0.5) is 23.2 Å². The topological polar surface area (TPSA) is 64.6 Å². The minimum Gasteiger partial charge on any atom is -0.482 e. The molecule has 0 bridgehead atoms. The number of carbonyl (C=O) groups is 2. The van der Waals surface area contributed by atoms with Gasteiger partial charge in [0.1, 0.15) is 11.6 Å². The molecule has 0 radical (unpaired) electrons. The molecule has 0 aliphatic heterocycles. The van der Waals surface area contributed by atoms with Crippen LogP contribution in [0.2, 0.25) is 0 Å². The van der Waals surface area contributed by atoms with E-state index in [9.17, 15) is 27.2 Å². The zero-order chi connectivity index (χ0) is 19.2. The number of amides is 1. The highest BCUT2D eigenvalue weighted by molar-refractivity contribution is 5.92. The van der Waals surface area contributed by atoms with Crippen molar-refractivity contribution < 1.29 is 36.6 Å². The van der Waals surface area contributed by atoms with Gasteiger partial charge in [0.25, 0.3) is 5.91 Å². The van der Waals surface area contributed by atoms with Crippen molar-refractivity contribution >= 4 is 17.6 Å². The molecule has 2 aromatic rings. The Morgan fingerprint density at radius 2 is 1.69 bits per heavy atom. The Bertz CT molecular complexity index is 775. The minimum absolute atomic E-state index is 0.160. The highest BCUT2D eigenvalue weighted by atomic mass is 19.4. The fourth-order valence-electron chi connectivity index (χ4n) is 1.82. The molecule has 2 aromatic carbocycles. The van der Waals surface area contributed by atoms with Crippen molar-refractivity contribution in [3.05, 3.63) is 59.9 Å². The highest BCUT2D eigenvalue weighted by Crippen LogP contribution is 2.31. The van der Waals surface area contributed by atoms with Crippen LogP contribution < -0.4 is 10.1 Å². The number of ether oxygens (including phenoxy) is 2. The van der Waals surface area contributed by atoms with Crippen LogP contribution in [-0.2, 0) is 20.5 Å². The number of rotatable bonds is 6. The fourth-order valence-corrected chi connectivity index (χ4v) is 1.82. The van der Waals surface area contributed by atoms with Gasteiger partial charge in [0.15, 0.2) is 13.2 Å². The molecule has 1 N–H and O–H groups in total. The molecule has 0 saturated carbocycles. The Labute approximate surface area is 145 Å². The summed E-state index contributed by atoms with van der Waals surface area (Å²) in [5.41, 5.74) is -0.602. The number of esters is 1. The number of halogens is 4. The first-order valence-electron chi connectivity index (χ1n) is 7.25. The fraction of sp³-hybridized carbons (Fsp3) is 0.176. The lowest BCUT2D eigenvalue weighted by atomic mass is 10.2. The van der Waals surface area contributed by atoms with Gasteiger partial charge in [-0.15, -0.1) is 0 Å². The molecule has 26 heavy (non-hydrogen) atoms. The van der Waals surface area contributed by atoms with Gasteiger partial charge in [-0.25, -0.2) is 9.18 Å². The van der Waals surface area contributed by atoms with E-state index < -0.39 is 42.6 Å². The zero-order valence-corrected chi connectivity index (χ0v) is 13.2. The molecule has 0 fully saturated rings. The van der Waals surface area contributed by atoms with Crippen molar-refractivity contribution in [3.8, 4) is 5.75 Å². The summed E-state index contributed by atoms with van der Waals surface area (Å²) in [4.78, 5) is 23.1. The predicted octanol–water partition coefficient (Wildman–Crippen LogP) is 3.41. The highest BCUT2D eigenvalue weighted by Gasteiger charge is 2.30. The summed E-state index contributed by atoms with van der Waals surface area (Å²) in [7, 11) is 0. The smallest absolute Gasteiger partial charge is 0.416 e. The first-order chi connectivity index (χ1) is 12.2. The lowest BCUT2D eigenvalue weighted by Crippen LogP contribution is -2.23. The molecule has 5 nitrogen and oxygen atoms in total. The molecule has 0 aliphatic rings. The van der Waals surface area contributed by atoms with Gasteiger partial charge in [-0.1, -0.05) is 6.07 Å². The summed E-state index contributed by atoms with van der Waals surface area (Å²) in [5.74, 6) is -2.23. The molecular weight excluding hydrogens is 358 g/mol. The van der Waals surface area contributed by atoms with Crippen molar-refractivity contribution in [1.82, 2.24) is 0 Å². The van der Waals surface area contributed by atoms with E-state index in [1.807, 2.05) is 0 Å². The van der Waals surface area contributed by atoms with E-state index in [4.69, 9.17) is 4.74 Å². The molecular formula is C17H13F4NO4. The first-order valence-corrected chi connectivity index (χ1v) is 7.25. The third-order valence-corrected chi connectivity index (χ3v) is 3.01. The Morgan fingerprint density at radius 1 is 1.00 bits per heavy atom. The van der Waals surface area contributed by atoms with E-state index in [-0.39, 0.29) is 5.75 Å². The van der Waals surface area contributed by atoms with Crippen LogP contribution in [0.5, 0.6) is 5.75 Å². The number of alkyl halides is 3. The van der Waals surface area contributed by atoms with Gasteiger partial charge < -0.3 is 14.8 Å². The number of benzene rings is 2. The van der Waals surface area contributed by atoms with E-state index in [1.54, 1.807) is 0 Å². The van der Waals surface area contributed by atoms with Crippen LogP contribution in [0.15, 0.2) is 48.5 Å². The molecule has 0 unspecified atom stereocenters. The average Bonchev–Trinajstić information content (AvgIpc) is 2.60. The molecule has 1 amide bonds. The van der Waals surface area contributed by atoms with Crippen molar-refractivity contribution in [2.24, 2.45) is 0 Å². The Hall–Kier alpha value is -3.10. The number of carbonyl (C=O) groups excluding carboxylic acids is 2. The summed E-state index contributed by atoms with van der Waals surface area (Å²) >= 11 is 0. The second kappa shape index (κ2) is 8.32. The Balaban J connectivity index is 1.77. The normalized spacial score (nSPS) is 10.9. The maximum absolute atomic E-state index is 12.7. The van der Waals surface area contributed by atoms with Crippen LogP contribution >= 0.6 is 0 Å². The number of hydrogen-bond acceptors (Lipinski definition) is 4. The Kier molecular flexibility index (Phi) is 6.16. The monoisotopic (exact) mass is 371 g/mol. The van der Waals surface area contributed by atoms with Gasteiger partial charge in [0.05, 0.1) is 5.56 Å². The largest absolute Gasteiger partial charge is 0.482 e. The second-order valence-electron chi connectivity index (χ2n) is 5.03. The predicted molar refractivity (Wildman–Crippen MR) is 82.9 cm³/mol. The summed E-state index contributed by atoms with van der Waals surface area (Å²) in [5, 5.41) is 2.37. The lowest BCUT2D eigenvalue weighted by molar-refractivity contribution is -0.149. The van der Waals surface area contributed by atoms with Crippen LogP contribution in [0, 0.1) is 5.82 Å². The van der Waals surface area contributed by atoms with Gasteiger partial charge >= 0.3 is 12.1 Å². The minimum atomic E-state index is -4.53. The first kappa shape index (κ1) is 19.2. The standard InChI is InChI=1S/C17H13F4NO4/c18-12-4-6-13(7-5-12)22-15(23)9-26-16(24)10-25-14-3-1-2-11(8-14)17(19,20)21/h1-8H,9-10H2,(H,22,23). The zero-order valence-electron chi connectivity index (χ0n) is 13.2. The molecule has 9 heteroatoms. The molecule has 0 aromatic heterocycles. The lowest BCUT2D eigenvalue weighted by Gasteiger charge is -2.10. The van der Waals surface area contributed by atoms with Crippen molar-refractivity contribution in [3.63, 3.8) is 0 Å². The van der Waals surface area contributed by atoms with Crippen molar-refractivity contribution in [2.45, 2.75) is 6.18 Å². The average molecular weight is 371 g/mol. The molecule has 0 aliphatic carbocycles. The second-order valence-corrected chi connectivity index (χ2v) is 5.03. The van der Waals surface area contributed by atoms with E-state index in [0.717, 1.165) is 30.3 Å². The molecule has 0 atom stereocenters. The quantitative estimate of drug-likeness (QED) is 0.624. The number of anilines is 1. The van der Waals surface area contributed by atoms with E-state index in [0.29, 0.717) is 5.69 Å². The maximum Gasteiger partial charge on any atom is 0.416 e. The van der Waals surface area contributed by atoms with Gasteiger partial charge in [-0.05, 0) is 42.5 Å². The molecule has 138 valence electrons. The summed E-state index contributed by atoms with van der Waals surface area (Å²) in [6, 6.07) is 8.94. The van der Waals surface area contributed by atoms with Gasteiger partial charge in [-0.2, -0.15) is 13.2 Å². The molecule has 2 rings (SSSR count). The van der Waals surface area contributed by atoms with E-state index in [1.165, 1.54) is 18.2 Å². The van der Waals surface area contributed by atoms with Gasteiger partial charge in [0, 0.05) is 5.69 Å². The summed E-state index contributed by atoms with van der Waals surface area (Å²) in [6.07, 6.45) is -4.53.